The van der Waals surface area contributed by atoms with Crippen LogP contribution in [-0.2, 0) is 6.54 Å². The van der Waals surface area contributed by atoms with Crippen molar-refractivity contribution >= 4 is 17.4 Å². The summed E-state index contributed by atoms with van der Waals surface area (Å²) in [6, 6.07) is 12.2. The van der Waals surface area contributed by atoms with Crippen molar-refractivity contribution < 1.29 is 4.79 Å². The van der Waals surface area contributed by atoms with Crippen LogP contribution in [0.5, 0.6) is 0 Å². The highest BCUT2D eigenvalue weighted by Crippen LogP contribution is 2.12. The number of aromatic nitrogens is 1. The minimum Gasteiger partial charge on any atom is -0.380 e. The van der Waals surface area contributed by atoms with Crippen LogP contribution in [0.2, 0.25) is 0 Å². The summed E-state index contributed by atoms with van der Waals surface area (Å²) in [7, 11) is 0. The smallest absolute Gasteiger partial charge is 0.316 e. The number of hydrogen-bond donors (Lipinski definition) is 3. The highest BCUT2D eigenvalue weighted by atomic mass is 16.2. The molecule has 0 saturated heterocycles. The van der Waals surface area contributed by atoms with Crippen molar-refractivity contribution in [2.45, 2.75) is 6.54 Å². The van der Waals surface area contributed by atoms with Crippen LogP contribution in [0.15, 0.2) is 42.6 Å². The Morgan fingerprint density at radius 3 is 2.45 bits per heavy atom. The van der Waals surface area contributed by atoms with Crippen molar-refractivity contribution in [3.8, 4) is 6.07 Å². The van der Waals surface area contributed by atoms with Gasteiger partial charge >= 0.3 is 6.03 Å². The zero-order valence-electron chi connectivity index (χ0n) is 10.6. The van der Waals surface area contributed by atoms with Crippen LogP contribution >= 0.6 is 0 Å². The van der Waals surface area contributed by atoms with Crippen LogP contribution in [0.4, 0.5) is 16.2 Å². The molecule has 1 heterocycles. The zero-order chi connectivity index (χ0) is 14.4. The third-order valence-corrected chi connectivity index (χ3v) is 2.60. The fourth-order valence-corrected chi connectivity index (χ4v) is 1.62. The van der Waals surface area contributed by atoms with Gasteiger partial charge < -0.3 is 16.4 Å². The molecule has 0 radical (unpaired) electrons. The van der Waals surface area contributed by atoms with Crippen molar-refractivity contribution in [1.29, 1.82) is 5.26 Å². The van der Waals surface area contributed by atoms with Gasteiger partial charge in [0.2, 0.25) is 0 Å². The molecule has 1 aromatic carbocycles. The number of carbonyl (C=O) groups is 1. The fraction of sp³-hybridized carbons (Fsp3) is 0.0714. The van der Waals surface area contributed by atoms with E-state index in [2.05, 4.69) is 15.6 Å². The number of anilines is 2. The molecule has 0 spiro atoms. The molecule has 0 bridgehead atoms. The first-order chi connectivity index (χ1) is 9.67. The molecule has 0 fully saturated rings. The molecule has 0 aliphatic rings. The van der Waals surface area contributed by atoms with Gasteiger partial charge in [0.25, 0.3) is 0 Å². The molecule has 2 aromatic rings. The Balaban J connectivity index is 1.93. The molecule has 0 unspecified atom stereocenters. The lowest BCUT2D eigenvalue weighted by molar-refractivity contribution is 0.259. The van der Waals surface area contributed by atoms with E-state index in [1.807, 2.05) is 18.2 Å². The SMILES string of the molecule is N#Cc1ccc(NCc2ccc(NC(N)=O)cc2)cn1. The predicted octanol–water partition coefficient (Wildman–Crippen LogP) is 2.06. The number of nitrogens with two attached hydrogens (primary N) is 1. The van der Waals surface area contributed by atoms with Gasteiger partial charge in [0.15, 0.2) is 0 Å². The van der Waals surface area contributed by atoms with Crippen LogP contribution in [0, 0.1) is 11.3 Å². The van der Waals surface area contributed by atoms with Crippen molar-refractivity contribution in [2.24, 2.45) is 5.73 Å². The third-order valence-electron chi connectivity index (χ3n) is 2.60. The van der Waals surface area contributed by atoms with Gasteiger partial charge in [-0.25, -0.2) is 9.78 Å². The number of pyridine rings is 1. The molecule has 1 aromatic heterocycles. The Morgan fingerprint density at radius 2 is 1.90 bits per heavy atom. The minimum absolute atomic E-state index is 0.387. The number of benzene rings is 1. The molecular formula is C14H13N5O. The van der Waals surface area contributed by atoms with Gasteiger partial charge in [-0.05, 0) is 29.8 Å². The minimum atomic E-state index is -0.584. The summed E-state index contributed by atoms with van der Waals surface area (Å²) < 4.78 is 0. The summed E-state index contributed by atoms with van der Waals surface area (Å²) in [4.78, 5) is 14.7. The van der Waals surface area contributed by atoms with E-state index in [4.69, 9.17) is 11.0 Å². The van der Waals surface area contributed by atoms with Crippen molar-refractivity contribution in [2.75, 3.05) is 10.6 Å². The molecule has 6 nitrogen and oxygen atoms in total. The molecule has 2 amide bonds. The molecule has 0 aliphatic carbocycles. The first kappa shape index (κ1) is 13.4. The molecule has 20 heavy (non-hydrogen) atoms. The first-order valence-corrected chi connectivity index (χ1v) is 5.93. The van der Waals surface area contributed by atoms with E-state index in [9.17, 15) is 4.79 Å². The van der Waals surface area contributed by atoms with Crippen LogP contribution < -0.4 is 16.4 Å². The third kappa shape index (κ3) is 3.71. The molecule has 2 rings (SSSR count). The van der Waals surface area contributed by atoms with Crippen molar-refractivity contribution in [3.05, 3.63) is 53.9 Å². The molecule has 4 N–H and O–H groups in total. The Kier molecular flexibility index (Phi) is 4.14. The van der Waals surface area contributed by atoms with Gasteiger partial charge in [-0.3, -0.25) is 0 Å². The van der Waals surface area contributed by atoms with Gasteiger partial charge in [-0.2, -0.15) is 5.26 Å². The van der Waals surface area contributed by atoms with Crippen LogP contribution in [-0.4, -0.2) is 11.0 Å². The monoisotopic (exact) mass is 267 g/mol. The molecular weight excluding hydrogens is 254 g/mol. The number of carbonyl (C=O) groups excluding carboxylic acids is 1. The van der Waals surface area contributed by atoms with Crippen LogP contribution in [0.1, 0.15) is 11.3 Å². The van der Waals surface area contributed by atoms with E-state index in [0.29, 0.717) is 17.9 Å². The Labute approximate surface area is 116 Å². The summed E-state index contributed by atoms with van der Waals surface area (Å²) in [6.07, 6.45) is 1.61. The Morgan fingerprint density at radius 1 is 1.20 bits per heavy atom. The van der Waals surface area contributed by atoms with E-state index >= 15 is 0 Å². The second-order valence-corrected chi connectivity index (χ2v) is 4.08. The van der Waals surface area contributed by atoms with Crippen LogP contribution in [0.25, 0.3) is 0 Å². The lowest BCUT2D eigenvalue weighted by Gasteiger charge is -2.07. The zero-order valence-corrected chi connectivity index (χ0v) is 10.6. The summed E-state index contributed by atoms with van der Waals surface area (Å²) in [5.74, 6) is 0. The number of hydrogen-bond acceptors (Lipinski definition) is 4. The summed E-state index contributed by atoms with van der Waals surface area (Å²) >= 11 is 0. The maximum Gasteiger partial charge on any atom is 0.316 e. The average molecular weight is 267 g/mol. The number of amides is 2. The van der Waals surface area contributed by atoms with Gasteiger partial charge in [0.05, 0.1) is 11.9 Å². The van der Waals surface area contributed by atoms with Gasteiger partial charge in [0, 0.05) is 12.2 Å². The maximum absolute atomic E-state index is 10.7. The van der Waals surface area contributed by atoms with E-state index in [0.717, 1.165) is 11.3 Å². The molecule has 0 saturated carbocycles. The highest BCUT2D eigenvalue weighted by Gasteiger charge is 1.98. The number of nitrogens with one attached hydrogen (secondary N) is 2. The molecule has 0 atom stereocenters. The van der Waals surface area contributed by atoms with Gasteiger partial charge in [0.1, 0.15) is 11.8 Å². The van der Waals surface area contributed by atoms with Crippen molar-refractivity contribution in [3.63, 3.8) is 0 Å². The summed E-state index contributed by atoms with van der Waals surface area (Å²) in [5.41, 5.74) is 7.95. The number of nitriles is 1. The summed E-state index contributed by atoms with van der Waals surface area (Å²) in [5, 5.41) is 14.3. The standard InChI is InChI=1S/C14H13N5O/c15-7-12-5-6-13(9-18-12)17-8-10-1-3-11(4-2-10)19-14(16)20/h1-6,9,17H,8H2,(H3,16,19,20). The maximum atomic E-state index is 10.7. The Bertz CT molecular complexity index is 628. The molecule has 0 aliphatic heterocycles. The Hall–Kier alpha value is -3.07. The van der Waals surface area contributed by atoms with E-state index in [1.165, 1.54) is 0 Å². The number of primary amides is 1. The van der Waals surface area contributed by atoms with Gasteiger partial charge in [-0.15, -0.1) is 0 Å². The second-order valence-electron chi connectivity index (χ2n) is 4.08. The fourth-order valence-electron chi connectivity index (χ4n) is 1.62. The first-order valence-electron chi connectivity index (χ1n) is 5.93. The molecule has 6 heteroatoms. The van der Waals surface area contributed by atoms with Crippen molar-refractivity contribution in [1.82, 2.24) is 4.98 Å². The largest absolute Gasteiger partial charge is 0.380 e. The lowest BCUT2D eigenvalue weighted by atomic mass is 10.2. The van der Waals surface area contributed by atoms with E-state index in [1.54, 1.807) is 30.5 Å². The van der Waals surface area contributed by atoms with E-state index in [-0.39, 0.29) is 0 Å². The van der Waals surface area contributed by atoms with Crippen LogP contribution in [0.3, 0.4) is 0 Å². The predicted molar refractivity (Wildman–Crippen MR) is 75.9 cm³/mol. The van der Waals surface area contributed by atoms with Gasteiger partial charge in [-0.1, -0.05) is 12.1 Å². The van der Waals surface area contributed by atoms with E-state index < -0.39 is 6.03 Å². The number of rotatable bonds is 4. The quantitative estimate of drug-likeness (QED) is 0.788. The number of nitrogens with zero attached hydrogens (tertiary/aromatic N) is 2. The molecule has 100 valence electrons. The highest BCUT2D eigenvalue weighted by molar-refractivity contribution is 5.87. The second kappa shape index (κ2) is 6.20. The lowest BCUT2D eigenvalue weighted by Crippen LogP contribution is -2.19. The topological polar surface area (TPSA) is 104 Å². The summed E-state index contributed by atoms with van der Waals surface area (Å²) in [6.45, 7) is 0.616. The average Bonchev–Trinajstić information content (AvgIpc) is 2.46. The number of urea groups is 1. The normalized spacial score (nSPS) is 9.55.